The predicted molar refractivity (Wildman–Crippen MR) is 70.7 cm³/mol. The SMILES string of the molecule is OC(c1ccc2c(c1)OCO2)c1c(F)ccc(Br)c1F. The first-order valence-corrected chi connectivity index (χ1v) is 6.58. The van der Waals surface area contributed by atoms with Gasteiger partial charge in [0.25, 0.3) is 0 Å². The first kappa shape index (κ1) is 13.3. The van der Waals surface area contributed by atoms with Crippen LogP contribution in [0, 0.1) is 11.6 Å². The van der Waals surface area contributed by atoms with Crippen LogP contribution in [-0.2, 0) is 0 Å². The van der Waals surface area contributed by atoms with E-state index in [1.165, 1.54) is 18.2 Å². The van der Waals surface area contributed by atoms with E-state index < -0.39 is 23.3 Å². The molecule has 0 aliphatic carbocycles. The van der Waals surface area contributed by atoms with E-state index in [2.05, 4.69) is 15.9 Å². The van der Waals surface area contributed by atoms with E-state index in [0.717, 1.165) is 6.07 Å². The molecule has 3 nitrogen and oxygen atoms in total. The van der Waals surface area contributed by atoms with Gasteiger partial charge in [-0.15, -0.1) is 0 Å². The summed E-state index contributed by atoms with van der Waals surface area (Å²) in [6.45, 7) is 0.0918. The van der Waals surface area contributed by atoms with Crippen molar-refractivity contribution in [3.05, 3.63) is 57.6 Å². The Balaban J connectivity index is 2.05. The lowest BCUT2D eigenvalue weighted by molar-refractivity contribution is 0.173. The monoisotopic (exact) mass is 342 g/mol. The second-order valence-electron chi connectivity index (χ2n) is 4.27. The number of hydrogen-bond acceptors (Lipinski definition) is 3. The smallest absolute Gasteiger partial charge is 0.231 e. The van der Waals surface area contributed by atoms with Gasteiger partial charge in [0.2, 0.25) is 6.79 Å². The molecule has 0 radical (unpaired) electrons. The molecule has 1 N–H and O–H groups in total. The number of halogens is 3. The molecule has 1 aliphatic rings. The zero-order valence-corrected chi connectivity index (χ0v) is 11.7. The van der Waals surface area contributed by atoms with Crippen LogP contribution in [0.2, 0.25) is 0 Å². The molecule has 1 atom stereocenters. The maximum Gasteiger partial charge on any atom is 0.231 e. The Morgan fingerprint density at radius 2 is 1.85 bits per heavy atom. The highest BCUT2D eigenvalue weighted by atomic mass is 79.9. The van der Waals surface area contributed by atoms with Gasteiger partial charge in [-0.3, -0.25) is 0 Å². The third-order valence-electron chi connectivity index (χ3n) is 3.07. The second kappa shape index (κ2) is 5.03. The molecule has 0 saturated carbocycles. The van der Waals surface area contributed by atoms with Crippen molar-refractivity contribution in [3.8, 4) is 11.5 Å². The van der Waals surface area contributed by atoms with Crippen molar-refractivity contribution in [2.75, 3.05) is 6.79 Å². The van der Waals surface area contributed by atoms with Gasteiger partial charge in [0.1, 0.15) is 17.7 Å². The van der Waals surface area contributed by atoms with Crippen LogP contribution >= 0.6 is 15.9 Å². The Morgan fingerprint density at radius 3 is 2.65 bits per heavy atom. The van der Waals surface area contributed by atoms with Gasteiger partial charge in [-0.05, 0) is 45.8 Å². The Labute approximate surface area is 121 Å². The van der Waals surface area contributed by atoms with Gasteiger partial charge in [-0.2, -0.15) is 0 Å². The lowest BCUT2D eigenvalue weighted by Crippen LogP contribution is -2.06. The fourth-order valence-electron chi connectivity index (χ4n) is 2.04. The van der Waals surface area contributed by atoms with Gasteiger partial charge < -0.3 is 14.6 Å². The molecule has 0 fully saturated rings. The fourth-order valence-corrected chi connectivity index (χ4v) is 2.39. The zero-order valence-electron chi connectivity index (χ0n) is 10.1. The van der Waals surface area contributed by atoms with E-state index >= 15 is 0 Å². The molecule has 0 amide bonds. The summed E-state index contributed by atoms with van der Waals surface area (Å²) in [6, 6.07) is 6.98. The van der Waals surface area contributed by atoms with Crippen molar-refractivity contribution in [2.45, 2.75) is 6.10 Å². The van der Waals surface area contributed by atoms with Crippen molar-refractivity contribution in [1.82, 2.24) is 0 Å². The molecule has 104 valence electrons. The quantitative estimate of drug-likeness (QED) is 0.848. The van der Waals surface area contributed by atoms with Gasteiger partial charge in [0, 0.05) is 0 Å². The van der Waals surface area contributed by atoms with E-state index in [0.29, 0.717) is 17.1 Å². The molecule has 0 bridgehead atoms. The number of hydrogen-bond donors (Lipinski definition) is 1. The molecule has 1 heterocycles. The summed E-state index contributed by atoms with van der Waals surface area (Å²) in [7, 11) is 0. The molecule has 2 aromatic carbocycles. The van der Waals surface area contributed by atoms with E-state index in [-0.39, 0.29) is 11.3 Å². The highest BCUT2D eigenvalue weighted by Crippen LogP contribution is 2.37. The van der Waals surface area contributed by atoms with Crippen LogP contribution in [0.5, 0.6) is 11.5 Å². The number of ether oxygens (including phenoxy) is 2. The predicted octanol–water partition coefficient (Wildman–Crippen LogP) is 3.54. The lowest BCUT2D eigenvalue weighted by Gasteiger charge is -2.14. The van der Waals surface area contributed by atoms with Gasteiger partial charge in [0.15, 0.2) is 11.5 Å². The van der Waals surface area contributed by atoms with E-state index in [9.17, 15) is 13.9 Å². The molecule has 6 heteroatoms. The normalized spacial score (nSPS) is 14.4. The summed E-state index contributed by atoms with van der Waals surface area (Å²) in [6.07, 6.45) is -1.43. The number of benzene rings is 2. The van der Waals surface area contributed by atoms with E-state index in [1.807, 2.05) is 0 Å². The Kier molecular flexibility index (Phi) is 3.35. The summed E-state index contributed by atoms with van der Waals surface area (Å²) in [5.74, 6) is -0.653. The summed E-state index contributed by atoms with van der Waals surface area (Å²) in [5.41, 5.74) is -0.0802. The minimum atomic E-state index is -1.43. The van der Waals surface area contributed by atoms with Crippen molar-refractivity contribution in [2.24, 2.45) is 0 Å². The van der Waals surface area contributed by atoms with E-state index in [1.54, 1.807) is 6.07 Å². The largest absolute Gasteiger partial charge is 0.454 e. The average Bonchev–Trinajstić information content (AvgIpc) is 2.90. The standard InChI is InChI=1S/C14H9BrF2O3/c15-8-2-3-9(16)12(13(8)17)14(18)7-1-4-10-11(5-7)20-6-19-10/h1-5,14,18H,6H2. The summed E-state index contributed by atoms with van der Waals surface area (Å²) < 4.78 is 38.2. The Hall–Kier alpha value is -1.66. The van der Waals surface area contributed by atoms with Crippen molar-refractivity contribution in [3.63, 3.8) is 0 Å². The molecule has 2 aromatic rings. The van der Waals surface area contributed by atoms with Crippen molar-refractivity contribution >= 4 is 15.9 Å². The highest BCUT2D eigenvalue weighted by molar-refractivity contribution is 9.10. The molecule has 1 unspecified atom stereocenters. The van der Waals surface area contributed by atoms with Crippen molar-refractivity contribution < 1.29 is 23.4 Å². The molecule has 0 saturated heterocycles. The van der Waals surface area contributed by atoms with Gasteiger partial charge in [-0.25, -0.2) is 8.78 Å². The summed E-state index contributed by atoms with van der Waals surface area (Å²) in [4.78, 5) is 0. The topological polar surface area (TPSA) is 38.7 Å². The molecular weight excluding hydrogens is 334 g/mol. The first-order chi connectivity index (χ1) is 9.58. The van der Waals surface area contributed by atoms with Gasteiger partial charge in [0.05, 0.1) is 10.0 Å². The second-order valence-corrected chi connectivity index (χ2v) is 5.13. The molecule has 0 spiro atoms. The van der Waals surface area contributed by atoms with Crippen LogP contribution in [-0.4, -0.2) is 11.9 Å². The third-order valence-corrected chi connectivity index (χ3v) is 3.68. The number of aliphatic hydroxyl groups excluding tert-OH is 1. The number of fused-ring (bicyclic) bond motifs is 1. The third kappa shape index (κ3) is 2.14. The summed E-state index contributed by atoms with van der Waals surface area (Å²) in [5, 5.41) is 10.2. The fraction of sp³-hybridized carbons (Fsp3) is 0.143. The van der Waals surface area contributed by atoms with Gasteiger partial charge >= 0.3 is 0 Å². The number of rotatable bonds is 2. The van der Waals surface area contributed by atoms with Gasteiger partial charge in [-0.1, -0.05) is 6.07 Å². The van der Waals surface area contributed by atoms with Crippen LogP contribution in [0.15, 0.2) is 34.8 Å². The molecule has 20 heavy (non-hydrogen) atoms. The minimum Gasteiger partial charge on any atom is -0.454 e. The highest BCUT2D eigenvalue weighted by Gasteiger charge is 2.23. The molecule has 0 aromatic heterocycles. The maximum absolute atomic E-state index is 14.0. The number of aliphatic hydroxyl groups is 1. The van der Waals surface area contributed by atoms with Crippen LogP contribution in [0.3, 0.4) is 0 Å². The van der Waals surface area contributed by atoms with Crippen LogP contribution in [0.4, 0.5) is 8.78 Å². The lowest BCUT2D eigenvalue weighted by atomic mass is 10.00. The van der Waals surface area contributed by atoms with Crippen molar-refractivity contribution in [1.29, 1.82) is 0 Å². The first-order valence-electron chi connectivity index (χ1n) is 5.79. The average molecular weight is 343 g/mol. The molecular formula is C14H9BrF2O3. The zero-order chi connectivity index (χ0) is 14.3. The molecule has 1 aliphatic heterocycles. The summed E-state index contributed by atoms with van der Waals surface area (Å²) >= 11 is 2.97. The van der Waals surface area contributed by atoms with Crippen LogP contribution < -0.4 is 9.47 Å². The maximum atomic E-state index is 14.0. The van der Waals surface area contributed by atoms with Crippen LogP contribution in [0.25, 0.3) is 0 Å². The molecule has 3 rings (SSSR count). The minimum absolute atomic E-state index is 0.0914. The van der Waals surface area contributed by atoms with Crippen LogP contribution in [0.1, 0.15) is 17.2 Å². The Morgan fingerprint density at radius 1 is 1.10 bits per heavy atom. The van der Waals surface area contributed by atoms with E-state index in [4.69, 9.17) is 9.47 Å². The Bertz CT molecular complexity index is 676.